The molecule has 0 radical (unpaired) electrons. The van der Waals surface area contributed by atoms with Crippen LogP contribution >= 0.6 is 23.2 Å². The topological polar surface area (TPSA) is 123 Å². The molecule has 0 saturated heterocycles. The quantitative estimate of drug-likeness (QED) is 0.0564. The van der Waals surface area contributed by atoms with Crippen LogP contribution in [0.3, 0.4) is 0 Å². The van der Waals surface area contributed by atoms with Gasteiger partial charge in [-0.2, -0.15) is 5.10 Å². The molecule has 3 aromatic carbocycles. The second-order valence-electron chi connectivity index (χ2n) is 9.93. The second-order valence-corrected chi connectivity index (χ2v) is 10.8. The van der Waals surface area contributed by atoms with Gasteiger partial charge < -0.3 is 14.8 Å². The predicted octanol–water partition coefficient (Wildman–Crippen LogP) is 7.14. The molecule has 0 spiro atoms. The SMILES string of the molecule is CCCCCCCCCC(=O)NCC(=O)N/N=C\c1ccc(OC(=O)c2ccc(Cl)cc2)cc1OC(=O)c1ccc(Cl)cc1. The molecule has 44 heavy (non-hydrogen) atoms. The van der Waals surface area contributed by atoms with Crippen molar-refractivity contribution in [3.63, 3.8) is 0 Å². The van der Waals surface area contributed by atoms with Gasteiger partial charge in [-0.1, -0.05) is 68.7 Å². The van der Waals surface area contributed by atoms with Crippen molar-refractivity contribution >= 4 is 53.2 Å². The molecule has 0 aliphatic carbocycles. The van der Waals surface area contributed by atoms with Gasteiger partial charge >= 0.3 is 11.9 Å². The Hall–Kier alpha value is -4.21. The average Bonchev–Trinajstić information content (AvgIpc) is 3.01. The smallest absolute Gasteiger partial charge is 0.343 e. The van der Waals surface area contributed by atoms with E-state index < -0.39 is 17.8 Å². The van der Waals surface area contributed by atoms with E-state index in [9.17, 15) is 19.2 Å². The summed E-state index contributed by atoms with van der Waals surface area (Å²) in [7, 11) is 0. The summed E-state index contributed by atoms with van der Waals surface area (Å²) in [5, 5.41) is 7.43. The van der Waals surface area contributed by atoms with Crippen molar-refractivity contribution in [3.05, 3.63) is 93.5 Å². The van der Waals surface area contributed by atoms with E-state index in [4.69, 9.17) is 32.7 Å². The summed E-state index contributed by atoms with van der Waals surface area (Å²) in [6, 6.07) is 16.6. The summed E-state index contributed by atoms with van der Waals surface area (Å²) in [4.78, 5) is 49.7. The molecule has 0 unspecified atom stereocenters. The number of ether oxygens (including phenoxy) is 2. The van der Waals surface area contributed by atoms with Crippen LogP contribution in [0.2, 0.25) is 10.0 Å². The van der Waals surface area contributed by atoms with Crippen molar-refractivity contribution in [1.82, 2.24) is 10.7 Å². The molecule has 0 bridgehead atoms. The Bertz CT molecular complexity index is 1440. The highest BCUT2D eigenvalue weighted by atomic mass is 35.5. The molecule has 9 nitrogen and oxygen atoms in total. The number of esters is 2. The van der Waals surface area contributed by atoms with E-state index in [1.807, 2.05) is 0 Å². The first-order chi connectivity index (χ1) is 21.2. The number of carbonyl (C=O) groups excluding carboxylic acids is 4. The molecule has 3 rings (SSSR count). The highest BCUT2D eigenvalue weighted by Crippen LogP contribution is 2.26. The van der Waals surface area contributed by atoms with Crippen LogP contribution in [-0.4, -0.2) is 36.5 Å². The van der Waals surface area contributed by atoms with Gasteiger partial charge in [0.1, 0.15) is 11.5 Å². The standard InChI is InChI=1S/C33H35Cl2N3O6/c1-2-3-4-5-6-7-8-9-30(39)36-22-31(40)38-37-21-25-14-19-28(43-32(41)23-10-15-26(34)16-11-23)20-29(25)44-33(42)24-12-17-27(35)18-13-24/h10-21H,2-9,22H2,1H3,(H,36,39)(H,38,40)/b37-21-. The second kappa shape index (κ2) is 18.5. The molecule has 0 atom stereocenters. The number of amides is 2. The third kappa shape index (κ3) is 12.2. The molecule has 0 aliphatic heterocycles. The van der Waals surface area contributed by atoms with Crippen LogP contribution < -0.4 is 20.2 Å². The van der Waals surface area contributed by atoms with E-state index in [-0.39, 0.29) is 35.1 Å². The number of nitrogens with zero attached hydrogens (tertiary/aromatic N) is 1. The fourth-order valence-corrected chi connectivity index (χ4v) is 4.25. The van der Waals surface area contributed by atoms with Crippen LogP contribution in [0.4, 0.5) is 0 Å². The summed E-state index contributed by atoms with van der Waals surface area (Å²) in [5.74, 6) is -1.93. The molecule has 0 heterocycles. The van der Waals surface area contributed by atoms with Crippen LogP contribution in [0, 0.1) is 0 Å². The van der Waals surface area contributed by atoms with Gasteiger partial charge in [-0.05, 0) is 67.1 Å². The van der Waals surface area contributed by atoms with Gasteiger partial charge in [0.05, 0.1) is 23.9 Å². The molecule has 0 aromatic heterocycles. The number of hydrogen-bond donors (Lipinski definition) is 2. The van der Waals surface area contributed by atoms with E-state index in [0.717, 1.165) is 19.3 Å². The minimum atomic E-state index is -0.690. The zero-order valence-corrected chi connectivity index (χ0v) is 26.0. The fourth-order valence-electron chi connectivity index (χ4n) is 3.99. The third-order valence-corrected chi connectivity index (χ3v) is 6.91. The number of hydrazone groups is 1. The number of halogens is 2. The van der Waals surface area contributed by atoms with Crippen LogP contribution in [0.15, 0.2) is 71.8 Å². The van der Waals surface area contributed by atoms with E-state index in [0.29, 0.717) is 22.0 Å². The highest BCUT2D eigenvalue weighted by Gasteiger charge is 2.15. The average molecular weight is 641 g/mol. The molecular weight excluding hydrogens is 605 g/mol. The van der Waals surface area contributed by atoms with Gasteiger partial charge in [0.15, 0.2) is 0 Å². The van der Waals surface area contributed by atoms with E-state index >= 15 is 0 Å². The van der Waals surface area contributed by atoms with E-state index in [2.05, 4.69) is 22.8 Å². The molecule has 0 saturated carbocycles. The summed E-state index contributed by atoms with van der Waals surface area (Å²) in [5.41, 5.74) is 3.16. The number of benzene rings is 3. The monoisotopic (exact) mass is 639 g/mol. The Kier molecular flexibility index (Phi) is 14.4. The molecule has 0 aliphatic rings. The van der Waals surface area contributed by atoms with Gasteiger partial charge in [0.2, 0.25) is 5.91 Å². The molecule has 2 amide bonds. The Balaban J connectivity index is 1.60. The van der Waals surface area contributed by atoms with Crippen LogP contribution in [0.1, 0.15) is 84.6 Å². The minimum absolute atomic E-state index is 0.0207. The molecular formula is C33H35Cl2N3O6. The minimum Gasteiger partial charge on any atom is -0.423 e. The lowest BCUT2D eigenvalue weighted by molar-refractivity contribution is -0.126. The largest absolute Gasteiger partial charge is 0.423 e. The van der Waals surface area contributed by atoms with Crippen molar-refractivity contribution < 1.29 is 28.7 Å². The van der Waals surface area contributed by atoms with Crippen LogP contribution in [0.5, 0.6) is 11.5 Å². The number of nitrogens with one attached hydrogen (secondary N) is 2. The third-order valence-electron chi connectivity index (χ3n) is 6.40. The lowest BCUT2D eigenvalue weighted by Gasteiger charge is -2.11. The van der Waals surface area contributed by atoms with Crippen LogP contribution in [0.25, 0.3) is 0 Å². The van der Waals surface area contributed by atoms with Crippen molar-refractivity contribution in [1.29, 1.82) is 0 Å². The first-order valence-corrected chi connectivity index (χ1v) is 15.2. The fraction of sp³-hybridized carbons (Fsp3) is 0.303. The van der Waals surface area contributed by atoms with Gasteiger partial charge in [-0.3, -0.25) is 9.59 Å². The maximum absolute atomic E-state index is 12.8. The van der Waals surface area contributed by atoms with E-state index in [1.54, 1.807) is 24.3 Å². The Labute approximate surface area is 266 Å². The van der Waals surface area contributed by atoms with Gasteiger partial charge in [0.25, 0.3) is 5.91 Å². The molecule has 232 valence electrons. The summed E-state index contributed by atoms with van der Waals surface area (Å²) in [6.45, 7) is 1.94. The Morgan fingerprint density at radius 3 is 1.91 bits per heavy atom. The van der Waals surface area contributed by atoms with Gasteiger partial charge in [-0.25, -0.2) is 15.0 Å². The molecule has 11 heteroatoms. The van der Waals surface area contributed by atoms with Gasteiger partial charge in [-0.15, -0.1) is 0 Å². The molecule has 0 fully saturated rings. The van der Waals surface area contributed by atoms with Crippen molar-refractivity contribution in [2.45, 2.75) is 58.3 Å². The predicted molar refractivity (Wildman–Crippen MR) is 171 cm³/mol. The summed E-state index contributed by atoms with van der Waals surface area (Å²) in [6.07, 6.45) is 9.33. The number of rotatable bonds is 16. The number of hydrogen-bond acceptors (Lipinski definition) is 7. The lowest BCUT2D eigenvalue weighted by atomic mass is 10.1. The van der Waals surface area contributed by atoms with Crippen LogP contribution in [-0.2, 0) is 9.59 Å². The Morgan fingerprint density at radius 1 is 0.727 bits per heavy atom. The van der Waals surface area contributed by atoms with Gasteiger partial charge in [0, 0.05) is 28.1 Å². The Morgan fingerprint density at radius 2 is 1.30 bits per heavy atom. The zero-order chi connectivity index (χ0) is 31.7. The first-order valence-electron chi connectivity index (χ1n) is 14.4. The van der Waals surface area contributed by atoms with Crippen molar-refractivity contribution in [3.8, 4) is 11.5 Å². The lowest BCUT2D eigenvalue weighted by Crippen LogP contribution is -2.34. The van der Waals surface area contributed by atoms with Crippen molar-refractivity contribution in [2.24, 2.45) is 5.10 Å². The maximum Gasteiger partial charge on any atom is 0.343 e. The van der Waals surface area contributed by atoms with E-state index in [1.165, 1.54) is 74.4 Å². The number of carbonyl (C=O) groups is 4. The highest BCUT2D eigenvalue weighted by molar-refractivity contribution is 6.31. The summed E-state index contributed by atoms with van der Waals surface area (Å²) < 4.78 is 11.0. The zero-order valence-electron chi connectivity index (χ0n) is 24.4. The number of unbranched alkanes of at least 4 members (excludes halogenated alkanes) is 6. The van der Waals surface area contributed by atoms with Crippen molar-refractivity contribution in [2.75, 3.05) is 6.54 Å². The summed E-state index contributed by atoms with van der Waals surface area (Å²) >= 11 is 11.8. The normalized spacial score (nSPS) is 10.8. The molecule has 2 N–H and O–H groups in total. The maximum atomic E-state index is 12.8. The molecule has 3 aromatic rings. The first kappa shape index (κ1) is 34.3.